The van der Waals surface area contributed by atoms with Crippen molar-refractivity contribution >= 4 is 10.9 Å². The highest BCUT2D eigenvalue weighted by Gasteiger charge is 2.26. The third-order valence-corrected chi connectivity index (χ3v) is 5.96. The minimum atomic E-state index is -0.736. The molecule has 2 unspecified atom stereocenters. The van der Waals surface area contributed by atoms with Gasteiger partial charge in [-0.25, -0.2) is 0 Å². The molecule has 3 aromatic rings. The highest BCUT2D eigenvalue weighted by Crippen LogP contribution is 2.33. The molecule has 146 valence electrons. The van der Waals surface area contributed by atoms with Gasteiger partial charge in [0.05, 0.1) is 11.6 Å². The molecular formula is C23H26N2O3. The van der Waals surface area contributed by atoms with Crippen LogP contribution in [0.3, 0.4) is 0 Å². The van der Waals surface area contributed by atoms with Gasteiger partial charge in [0.2, 0.25) is 5.56 Å². The molecule has 0 saturated carbocycles. The number of aromatic nitrogens is 1. The lowest BCUT2D eigenvalue weighted by atomic mass is 9.79. The maximum atomic E-state index is 11.6. The summed E-state index contributed by atoms with van der Waals surface area (Å²) in [5.41, 5.74) is 4.88. The normalized spacial score (nSPS) is 20.1. The van der Waals surface area contributed by atoms with Crippen LogP contribution in [0.1, 0.15) is 47.6 Å². The minimum absolute atomic E-state index is 0.00409. The number of phenols is 1. The van der Waals surface area contributed by atoms with Crippen LogP contribution >= 0.6 is 0 Å². The van der Waals surface area contributed by atoms with Crippen LogP contribution in [0, 0.1) is 6.92 Å². The SMILES string of the molecule is Cc1ccc2c(c1)CCC(NC[C@H](O)c1ccc(O)c3[nH]c(=O)ccc13)C2C. The van der Waals surface area contributed by atoms with Crippen LogP contribution in [-0.4, -0.2) is 27.8 Å². The number of benzene rings is 2. The van der Waals surface area contributed by atoms with Crippen molar-refractivity contribution in [2.45, 2.75) is 44.8 Å². The Morgan fingerprint density at radius 1 is 1.21 bits per heavy atom. The molecule has 5 heteroatoms. The third-order valence-electron chi connectivity index (χ3n) is 5.96. The largest absolute Gasteiger partial charge is 0.506 e. The molecule has 0 fully saturated rings. The van der Waals surface area contributed by atoms with Crippen molar-refractivity contribution in [2.24, 2.45) is 0 Å². The Balaban J connectivity index is 1.52. The van der Waals surface area contributed by atoms with Crippen molar-refractivity contribution in [3.8, 4) is 5.75 Å². The van der Waals surface area contributed by atoms with Gasteiger partial charge in [0.25, 0.3) is 0 Å². The number of phenolic OH excluding ortho intramolecular Hbond substituents is 1. The second-order valence-electron chi connectivity index (χ2n) is 7.85. The van der Waals surface area contributed by atoms with Crippen molar-refractivity contribution < 1.29 is 10.2 Å². The zero-order valence-corrected chi connectivity index (χ0v) is 16.2. The molecule has 1 aromatic heterocycles. The summed E-state index contributed by atoms with van der Waals surface area (Å²) in [6.07, 6.45) is 1.34. The molecule has 0 spiro atoms. The topological polar surface area (TPSA) is 85.3 Å². The summed E-state index contributed by atoms with van der Waals surface area (Å²) in [4.78, 5) is 14.2. The zero-order chi connectivity index (χ0) is 19.8. The number of hydrogen-bond donors (Lipinski definition) is 4. The summed E-state index contributed by atoms with van der Waals surface area (Å²) < 4.78 is 0. The first-order valence-electron chi connectivity index (χ1n) is 9.80. The van der Waals surface area contributed by atoms with E-state index in [0.717, 1.165) is 12.8 Å². The van der Waals surface area contributed by atoms with Crippen molar-refractivity contribution in [2.75, 3.05) is 6.54 Å². The van der Waals surface area contributed by atoms with E-state index in [0.29, 0.717) is 35.0 Å². The number of aromatic hydroxyl groups is 1. The fraction of sp³-hybridized carbons (Fsp3) is 0.348. The molecule has 4 rings (SSSR count). The lowest BCUT2D eigenvalue weighted by Gasteiger charge is -2.33. The van der Waals surface area contributed by atoms with E-state index in [4.69, 9.17) is 0 Å². The third kappa shape index (κ3) is 3.43. The van der Waals surface area contributed by atoms with Crippen LogP contribution in [0.15, 0.2) is 47.3 Å². The number of fused-ring (bicyclic) bond motifs is 2. The van der Waals surface area contributed by atoms with Crippen LogP contribution in [-0.2, 0) is 6.42 Å². The van der Waals surface area contributed by atoms with Gasteiger partial charge in [0, 0.05) is 24.0 Å². The van der Waals surface area contributed by atoms with Crippen molar-refractivity contribution in [3.63, 3.8) is 0 Å². The standard InChI is InChI=1S/C23H26N2O3/c1-13-3-5-16-14(2)19(8-4-15(16)11-13)24-12-21(27)17-6-9-20(26)23-18(17)7-10-22(28)25-23/h3,5-7,9-11,14,19,21,24,26-27H,4,8,12H2,1-2H3,(H,25,28)/t14?,19?,21-/m0/s1. The number of rotatable bonds is 4. The molecule has 4 N–H and O–H groups in total. The Morgan fingerprint density at radius 3 is 2.86 bits per heavy atom. The van der Waals surface area contributed by atoms with Gasteiger partial charge in [-0.3, -0.25) is 4.79 Å². The van der Waals surface area contributed by atoms with Gasteiger partial charge in [-0.05, 0) is 54.5 Å². The summed E-state index contributed by atoms with van der Waals surface area (Å²) in [5, 5.41) is 25.0. The molecule has 0 saturated heterocycles. The highest BCUT2D eigenvalue weighted by atomic mass is 16.3. The molecule has 1 aliphatic rings. The van der Waals surface area contributed by atoms with Crippen molar-refractivity contribution in [1.82, 2.24) is 10.3 Å². The Hall–Kier alpha value is -2.63. The first-order valence-corrected chi connectivity index (χ1v) is 9.80. The van der Waals surface area contributed by atoms with Gasteiger partial charge in [0.15, 0.2) is 0 Å². The Bertz CT molecular complexity index is 1070. The molecule has 0 aliphatic heterocycles. The molecule has 1 aliphatic carbocycles. The second kappa shape index (κ2) is 7.41. The Labute approximate surface area is 164 Å². The van der Waals surface area contributed by atoms with E-state index < -0.39 is 6.10 Å². The van der Waals surface area contributed by atoms with Crippen molar-refractivity contribution in [1.29, 1.82) is 0 Å². The number of H-pyrrole nitrogens is 1. The van der Waals surface area contributed by atoms with Crippen LogP contribution in [0.25, 0.3) is 10.9 Å². The molecule has 5 nitrogen and oxygen atoms in total. The molecule has 1 heterocycles. The van der Waals surface area contributed by atoms with Crippen LogP contribution in [0.5, 0.6) is 5.75 Å². The average Bonchev–Trinajstić information content (AvgIpc) is 2.68. The minimum Gasteiger partial charge on any atom is -0.506 e. The maximum Gasteiger partial charge on any atom is 0.248 e. The van der Waals surface area contributed by atoms with E-state index in [1.165, 1.54) is 28.8 Å². The number of aromatic amines is 1. The fourth-order valence-corrected chi connectivity index (χ4v) is 4.37. The van der Waals surface area contributed by atoms with E-state index in [9.17, 15) is 15.0 Å². The van der Waals surface area contributed by atoms with Gasteiger partial charge in [-0.15, -0.1) is 0 Å². The van der Waals surface area contributed by atoms with Crippen LogP contribution < -0.4 is 10.9 Å². The number of pyridine rings is 1. The predicted octanol–water partition coefficient (Wildman–Crippen LogP) is 3.28. The van der Waals surface area contributed by atoms with Gasteiger partial charge >= 0.3 is 0 Å². The molecule has 0 bridgehead atoms. The number of aliphatic hydroxyl groups is 1. The van der Waals surface area contributed by atoms with Gasteiger partial charge in [0.1, 0.15) is 5.75 Å². The Kier molecular flexibility index (Phi) is 4.96. The molecule has 3 atom stereocenters. The van der Waals surface area contributed by atoms with E-state index in [1.807, 2.05) is 0 Å². The molecule has 0 radical (unpaired) electrons. The molecular weight excluding hydrogens is 352 g/mol. The fourth-order valence-electron chi connectivity index (χ4n) is 4.37. The van der Waals surface area contributed by atoms with Crippen molar-refractivity contribution in [3.05, 3.63) is 75.1 Å². The lowest BCUT2D eigenvalue weighted by Crippen LogP contribution is -2.39. The van der Waals surface area contributed by atoms with E-state index in [-0.39, 0.29) is 11.3 Å². The summed E-state index contributed by atoms with van der Waals surface area (Å²) >= 11 is 0. The number of hydrogen-bond acceptors (Lipinski definition) is 4. The van der Waals surface area contributed by atoms with E-state index in [1.54, 1.807) is 12.1 Å². The Morgan fingerprint density at radius 2 is 2.04 bits per heavy atom. The van der Waals surface area contributed by atoms with Gasteiger partial charge < -0.3 is 20.5 Å². The average molecular weight is 378 g/mol. The van der Waals surface area contributed by atoms with Gasteiger partial charge in [-0.1, -0.05) is 36.8 Å². The number of aryl methyl sites for hydroxylation is 2. The van der Waals surface area contributed by atoms with E-state index >= 15 is 0 Å². The molecule has 2 aromatic carbocycles. The first kappa shape index (κ1) is 18.7. The maximum absolute atomic E-state index is 11.6. The number of aliphatic hydroxyl groups excluding tert-OH is 1. The molecule has 28 heavy (non-hydrogen) atoms. The van der Waals surface area contributed by atoms with Gasteiger partial charge in [-0.2, -0.15) is 0 Å². The monoisotopic (exact) mass is 378 g/mol. The molecule has 0 amide bonds. The summed E-state index contributed by atoms with van der Waals surface area (Å²) in [6.45, 7) is 4.77. The first-order chi connectivity index (χ1) is 13.4. The number of nitrogens with one attached hydrogen (secondary N) is 2. The highest BCUT2D eigenvalue weighted by molar-refractivity contribution is 5.87. The zero-order valence-electron chi connectivity index (χ0n) is 16.2. The smallest absolute Gasteiger partial charge is 0.248 e. The lowest BCUT2D eigenvalue weighted by molar-refractivity contribution is 0.167. The second-order valence-corrected chi connectivity index (χ2v) is 7.85. The summed E-state index contributed by atoms with van der Waals surface area (Å²) in [6, 6.07) is 13.2. The summed E-state index contributed by atoms with van der Waals surface area (Å²) in [5.74, 6) is 0.383. The predicted molar refractivity (Wildman–Crippen MR) is 111 cm³/mol. The van der Waals surface area contributed by atoms with Crippen LogP contribution in [0.4, 0.5) is 0 Å². The quantitative estimate of drug-likeness (QED) is 0.561. The van der Waals surface area contributed by atoms with E-state index in [2.05, 4.69) is 42.3 Å². The summed E-state index contributed by atoms with van der Waals surface area (Å²) in [7, 11) is 0. The van der Waals surface area contributed by atoms with Crippen LogP contribution in [0.2, 0.25) is 0 Å².